The zero-order valence-electron chi connectivity index (χ0n) is 13.5. The number of hydrogen-bond donors (Lipinski definition) is 1. The number of rotatable bonds is 5. The Morgan fingerprint density at radius 1 is 1.48 bits per heavy atom. The largest absolute Gasteiger partial charge is 0.357 e. The van der Waals surface area contributed by atoms with Crippen LogP contribution in [-0.2, 0) is 4.79 Å². The molecule has 0 aliphatic carbocycles. The second-order valence-corrected chi connectivity index (χ2v) is 6.29. The second kappa shape index (κ2) is 6.87. The Labute approximate surface area is 127 Å². The molecule has 5 nitrogen and oxygen atoms in total. The van der Waals surface area contributed by atoms with Gasteiger partial charge in [0.15, 0.2) is 0 Å². The molecule has 1 atom stereocenters. The summed E-state index contributed by atoms with van der Waals surface area (Å²) in [5, 5.41) is 2.99. The van der Waals surface area contributed by atoms with Crippen molar-refractivity contribution in [2.75, 3.05) is 30.4 Å². The highest BCUT2D eigenvalue weighted by atomic mass is 16.1. The Kier molecular flexibility index (Phi) is 5.15. The number of aromatic nitrogens is 2. The van der Waals surface area contributed by atoms with Crippen LogP contribution in [0.5, 0.6) is 0 Å². The van der Waals surface area contributed by atoms with Crippen molar-refractivity contribution in [1.82, 2.24) is 9.97 Å². The number of hydrogen-bond acceptors (Lipinski definition) is 5. The molecule has 0 spiro atoms. The number of aryl methyl sites for hydroxylation is 1. The molecule has 1 N–H and O–H groups in total. The molecule has 116 valence electrons. The van der Waals surface area contributed by atoms with E-state index in [-0.39, 0.29) is 5.92 Å². The van der Waals surface area contributed by atoms with Crippen molar-refractivity contribution in [3.8, 4) is 0 Å². The molecule has 1 aromatic heterocycles. The summed E-state index contributed by atoms with van der Waals surface area (Å²) < 4.78 is 0. The molecule has 21 heavy (non-hydrogen) atoms. The Hall–Kier alpha value is -1.65. The van der Waals surface area contributed by atoms with Gasteiger partial charge in [-0.3, -0.25) is 4.79 Å². The van der Waals surface area contributed by atoms with E-state index in [0.717, 1.165) is 37.4 Å². The van der Waals surface area contributed by atoms with Gasteiger partial charge in [-0.25, -0.2) is 4.98 Å². The molecule has 1 aliphatic heterocycles. The van der Waals surface area contributed by atoms with Gasteiger partial charge in [0.05, 0.1) is 0 Å². The molecule has 0 amide bonds. The SMILES string of the molecule is CNc1nc(C)cc(N2CCCC(C(=O)CC(C)C)C2)n1. The lowest BCUT2D eigenvalue weighted by molar-refractivity contribution is -0.123. The van der Waals surface area contributed by atoms with Crippen LogP contribution in [0.15, 0.2) is 6.07 Å². The van der Waals surface area contributed by atoms with Crippen molar-refractivity contribution in [3.63, 3.8) is 0 Å². The third-order valence-corrected chi connectivity index (χ3v) is 3.87. The van der Waals surface area contributed by atoms with Crippen LogP contribution in [0.4, 0.5) is 11.8 Å². The Balaban J connectivity index is 2.10. The van der Waals surface area contributed by atoms with Crippen LogP contribution in [0.3, 0.4) is 0 Å². The standard InChI is InChI=1S/C16H26N4O/c1-11(2)8-14(21)13-6-5-7-20(10-13)15-9-12(3)18-16(17-4)19-15/h9,11,13H,5-8,10H2,1-4H3,(H,17,18,19). The summed E-state index contributed by atoms with van der Waals surface area (Å²) in [5.41, 5.74) is 0.944. The lowest BCUT2D eigenvalue weighted by atomic mass is 9.89. The third-order valence-electron chi connectivity index (χ3n) is 3.87. The maximum absolute atomic E-state index is 12.3. The van der Waals surface area contributed by atoms with Crippen molar-refractivity contribution in [2.45, 2.75) is 40.0 Å². The van der Waals surface area contributed by atoms with Crippen LogP contribution in [0.1, 0.15) is 38.8 Å². The number of nitrogens with one attached hydrogen (secondary N) is 1. The van der Waals surface area contributed by atoms with E-state index in [9.17, 15) is 4.79 Å². The second-order valence-electron chi connectivity index (χ2n) is 6.29. The molecule has 1 aromatic rings. The Bertz CT molecular complexity index is 501. The third kappa shape index (κ3) is 4.16. The van der Waals surface area contributed by atoms with E-state index in [2.05, 4.69) is 34.0 Å². The zero-order chi connectivity index (χ0) is 15.4. The van der Waals surface area contributed by atoms with Gasteiger partial charge in [0.2, 0.25) is 5.95 Å². The van der Waals surface area contributed by atoms with Crippen molar-refractivity contribution in [3.05, 3.63) is 11.8 Å². The summed E-state index contributed by atoms with van der Waals surface area (Å²) in [4.78, 5) is 23.4. The summed E-state index contributed by atoms with van der Waals surface area (Å²) in [6, 6.07) is 2.00. The Morgan fingerprint density at radius 3 is 2.90 bits per heavy atom. The minimum Gasteiger partial charge on any atom is -0.357 e. The van der Waals surface area contributed by atoms with Crippen LogP contribution >= 0.6 is 0 Å². The fourth-order valence-electron chi connectivity index (χ4n) is 2.84. The van der Waals surface area contributed by atoms with Gasteiger partial charge in [-0.05, 0) is 25.7 Å². The summed E-state index contributed by atoms with van der Waals surface area (Å²) in [7, 11) is 1.82. The first-order valence-electron chi connectivity index (χ1n) is 7.80. The van der Waals surface area contributed by atoms with Gasteiger partial charge < -0.3 is 10.2 Å². The van der Waals surface area contributed by atoms with E-state index < -0.39 is 0 Å². The van der Waals surface area contributed by atoms with E-state index in [0.29, 0.717) is 24.1 Å². The van der Waals surface area contributed by atoms with E-state index in [1.54, 1.807) is 0 Å². The molecule has 2 heterocycles. The first kappa shape index (κ1) is 15.7. The van der Waals surface area contributed by atoms with Gasteiger partial charge in [0.25, 0.3) is 0 Å². The fraction of sp³-hybridized carbons (Fsp3) is 0.688. The van der Waals surface area contributed by atoms with Crippen LogP contribution in [-0.4, -0.2) is 35.9 Å². The van der Waals surface area contributed by atoms with E-state index in [1.165, 1.54) is 0 Å². The number of ketones is 1. The monoisotopic (exact) mass is 290 g/mol. The highest BCUT2D eigenvalue weighted by molar-refractivity contribution is 5.82. The summed E-state index contributed by atoms with van der Waals surface area (Å²) in [6.45, 7) is 7.92. The van der Waals surface area contributed by atoms with Crippen LogP contribution < -0.4 is 10.2 Å². The average molecular weight is 290 g/mol. The van der Waals surface area contributed by atoms with Gasteiger partial charge in [0.1, 0.15) is 11.6 Å². The van der Waals surface area contributed by atoms with Crippen molar-refractivity contribution in [2.24, 2.45) is 11.8 Å². The van der Waals surface area contributed by atoms with Gasteiger partial charge in [-0.15, -0.1) is 0 Å². The minimum absolute atomic E-state index is 0.148. The molecule has 1 aliphatic rings. The van der Waals surface area contributed by atoms with Gasteiger partial charge >= 0.3 is 0 Å². The summed E-state index contributed by atoms with van der Waals surface area (Å²) in [6.07, 6.45) is 2.74. The molecule has 5 heteroatoms. The van der Waals surface area contributed by atoms with Crippen LogP contribution in [0, 0.1) is 18.8 Å². The average Bonchev–Trinajstić information content (AvgIpc) is 2.46. The highest BCUT2D eigenvalue weighted by Crippen LogP contribution is 2.25. The quantitative estimate of drug-likeness (QED) is 0.903. The summed E-state index contributed by atoms with van der Waals surface area (Å²) >= 11 is 0. The molecule has 0 radical (unpaired) electrons. The van der Waals surface area contributed by atoms with Crippen LogP contribution in [0.25, 0.3) is 0 Å². The van der Waals surface area contributed by atoms with E-state index in [4.69, 9.17) is 0 Å². The normalized spacial score (nSPS) is 18.9. The van der Waals surface area contributed by atoms with E-state index in [1.807, 2.05) is 20.0 Å². The minimum atomic E-state index is 0.148. The molecular formula is C16H26N4O. The fourth-order valence-corrected chi connectivity index (χ4v) is 2.84. The number of piperidine rings is 1. The molecule has 0 aromatic carbocycles. The number of nitrogens with zero attached hydrogens (tertiary/aromatic N) is 3. The molecule has 0 bridgehead atoms. The number of carbonyl (C=O) groups is 1. The van der Waals surface area contributed by atoms with Crippen molar-refractivity contribution < 1.29 is 4.79 Å². The van der Waals surface area contributed by atoms with Gasteiger partial charge in [-0.1, -0.05) is 13.8 Å². The van der Waals surface area contributed by atoms with Crippen molar-refractivity contribution in [1.29, 1.82) is 0 Å². The molecule has 0 saturated carbocycles. The molecule has 2 rings (SSSR count). The lowest BCUT2D eigenvalue weighted by Gasteiger charge is -2.33. The molecule has 1 saturated heterocycles. The summed E-state index contributed by atoms with van der Waals surface area (Å²) in [5.74, 6) is 2.54. The first-order valence-corrected chi connectivity index (χ1v) is 7.80. The predicted molar refractivity (Wildman–Crippen MR) is 85.7 cm³/mol. The van der Waals surface area contributed by atoms with Crippen LogP contribution in [0.2, 0.25) is 0 Å². The lowest BCUT2D eigenvalue weighted by Crippen LogP contribution is -2.39. The maximum Gasteiger partial charge on any atom is 0.224 e. The topological polar surface area (TPSA) is 58.1 Å². The van der Waals surface area contributed by atoms with Crippen molar-refractivity contribution >= 4 is 17.5 Å². The number of carbonyl (C=O) groups excluding carboxylic acids is 1. The predicted octanol–water partition coefficient (Wildman–Crippen LogP) is 2.66. The highest BCUT2D eigenvalue weighted by Gasteiger charge is 2.26. The van der Waals surface area contributed by atoms with E-state index >= 15 is 0 Å². The van der Waals surface area contributed by atoms with Gasteiger partial charge in [0, 0.05) is 44.2 Å². The maximum atomic E-state index is 12.3. The first-order chi connectivity index (χ1) is 9.99. The molecule has 1 fully saturated rings. The number of anilines is 2. The molecule has 1 unspecified atom stereocenters. The van der Waals surface area contributed by atoms with Gasteiger partial charge in [-0.2, -0.15) is 4.98 Å². The zero-order valence-corrected chi connectivity index (χ0v) is 13.5. The smallest absolute Gasteiger partial charge is 0.224 e. The Morgan fingerprint density at radius 2 is 2.24 bits per heavy atom. The number of Topliss-reactive ketones (excluding diaryl/α,β-unsaturated/α-hetero) is 1. The molecular weight excluding hydrogens is 264 g/mol.